The van der Waals surface area contributed by atoms with E-state index in [1.807, 2.05) is 54.6 Å². The summed E-state index contributed by atoms with van der Waals surface area (Å²) in [5.74, 6) is -0.518. The number of carbonyl (C=O) groups is 2. The zero-order valence-electron chi connectivity index (χ0n) is 16.3. The molecule has 0 aliphatic carbocycles. The Kier molecular flexibility index (Phi) is 5.75. The van der Waals surface area contributed by atoms with Gasteiger partial charge in [0.05, 0.1) is 0 Å². The van der Waals surface area contributed by atoms with Crippen LogP contribution in [0.15, 0.2) is 78.9 Å². The highest BCUT2D eigenvalue weighted by Gasteiger charge is 2.24. The lowest BCUT2D eigenvalue weighted by molar-refractivity contribution is -0.117. The van der Waals surface area contributed by atoms with E-state index in [-0.39, 0.29) is 17.6 Å². The van der Waals surface area contributed by atoms with Gasteiger partial charge in [-0.25, -0.2) is 4.39 Å². The van der Waals surface area contributed by atoms with Crippen LogP contribution in [0.25, 0.3) is 0 Å². The minimum Gasteiger partial charge on any atom is -0.370 e. The van der Waals surface area contributed by atoms with Gasteiger partial charge in [0.2, 0.25) is 5.91 Å². The minimum absolute atomic E-state index is 0.112. The molecule has 30 heavy (non-hydrogen) atoms. The number of halogens is 1. The van der Waals surface area contributed by atoms with Crippen LogP contribution in [0.5, 0.6) is 0 Å². The first-order chi connectivity index (χ1) is 14.6. The minimum atomic E-state index is -0.666. The highest BCUT2D eigenvalue weighted by atomic mass is 19.1. The Labute approximate surface area is 174 Å². The topological polar surface area (TPSA) is 61.4 Å². The molecule has 152 valence electrons. The van der Waals surface area contributed by atoms with Crippen LogP contribution in [0, 0.1) is 5.82 Å². The quantitative estimate of drug-likeness (QED) is 0.625. The Balaban J connectivity index is 1.58. The standard InChI is InChI=1S/C24H22FN3O2/c25-18-11-13-19(14-12-18)27-24(30)23(17-6-2-1-3-7-17)26-20-8-4-9-21(16-20)28-15-5-10-22(28)29/h1-4,6-9,11-14,16,23,26H,5,10,15H2,(H,27,30). The second kappa shape index (κ2) is 8.78. The van der Waals surface area contributed by atoms with Crippen molar-refractivity contribution in [2.45, 2.75) is 18.9 Å². The molecule has 1 aliphatic heterocycles. The fourth-order valence-corrected chi connectivity index (χ4v) is 3.54. The van der Waals surface area contributed by atoms with Gasteiger partial charge >= 0.3 is 0 Å². The predicted octanol–water partition coefficient (Wildman–Crippen LogP) is 4.74. The zero-order chi connectivity index (χ0) is 20.9. The van der Waals surface area contributed by atoms with Gasteiger partial charge < -0.3 is 15.5 Å². The lowest BCUT2D eigenvalue weighted by Crippen LogP contribution is -2.27. The van der Waals surface area contributed by atoms with E-state index in [0.29, 0.717) is 18.7 Å². The molecule has 3 aromatic rings. The molecule has 1 heterocycles. The van der Waals surface area contributed by atoms with Crippen molar-refractivity contribution in [1.29, 1.82) is 0 Å². The third-order valence-electron chi connectivity index (χ3n) is 5.05. The third-order valence-corrected chi connectivity index (χ3v) is 5.05. The first-order valence-corrected chi connectivity index (χ1v) is 9.88. The summed E-state index contributed by atoms with van der Waals surface area (Å²) >= 11 is 0. The van der Waals surface area contributed by atoms with Crippen molar-refractivity contribution < 1.29 is 14.0 Å². The van der Waals surface area contributed by atoms with E-state index in [9.17, 15) is 14.0 Å². The Morgan fingerprint density at radius 3 is 2.40 bits per heavy atom. The highest BCUT2D eigenvalue weighted by Crippen LogP contribution is 2.27. The number of anilines is 3. The summed E-state index contributed by atoms with van der Waals surface area (Å²) < 4.78 is 13.2. The molecular formula is C24H22FN3O2. The van der Waals surface area contributed by atoms with E-state index >= 15 is 0 Å². The number of carbonyl (C=O) groups excluding carboxylic acids is 2. The second-order valence-electron chi connectivity index (χ2n) is 7.18. The van der Waals surface area contributed by atoms with Crippen LogP contribution in [0.2, 0.25) is 0 Å². The van der Waals surface area contributed by atoms with Crippen LogP contribution >= 0.6 is 0 Å². The van der Waals surface area contributed by atoms with Gasteiger partial charge in [-0.15, -0.1) is 0 Å². The fourth-order valence-electron chi connectivity index (χ4n) is 3.54. The van der Waals surface area contributed by atoms with Crippen LogP contribution in [0.3, 0.4) is 0 Å². The molecule has 2 amide bonds. The summed E-state index contributed by atoms with van der Waals surface area (Å²) in [6, 6.07) is 21.9. The van der Waals surface area contributed by atoms with Crippen molar-refractivity contribution in [3.05, 3.63) is 90.2 Å². The maximum absolute atomic E-state index is 13.2. The first kappa shape index (κ1) is 19.6. The molecule has 1 aliphatic rings. The summed E-state index contributed by atoms with van der Waals surface area (Å²) in [4.78, 5) is 26.9. The zero-order valence-corrected chi connectivity index (χ0v) is 16.3. The maximum atomic E-state index is 13.2. The van der Waals surface area contributed by atoms with E-state index in [2.05, 4.69) is 10.6 Å². The molecule has 1 unspecified atom stereocenters. The third kappa shape index (κ3) is 4.49. The van der Waals surface area contributed by atoms with Crippen molar-refractivity contribution in [3.63, 3.8) is 0 Å². The Morgan fingerprint density at radius 2 is 1.70 bits per heavy atom. The van der Waals surface area contributed by atoms with Crippen molar-refractivity contribution in [2.75, 3.05) is 22.1 Å². The molecule has 1 atom stereocenters. The van der Waals surface area contributed by atoms with Crippen molar-refractivity contribution in [2.24, 2.45) is 0 Å². The van der Waals surface area contributed by atoms with Crippen LogP contribution in [0.1, 0.15) is 24.4 Å². The molecule has 6 heteroatoms. The molecule has 0 radical (unpaired) electrons. The Morgan fingerprint density at radius 1 is 0.933 bits per heavy atom. The molecule has 1 fully saturated rings. The molecule has 3 aromatic carbocycles. The van der Waals surface area contributed by atoms with E-state index in [1.165, 1.54) is 24.3 Å². The van der Waals surface area contributed by atoms with Crippen LogP contribution in [0.4, 0.5) is 21.5 Å². The lowest BCUT2D eigenvalue weighted by Gasteiger charge is -2.22. The van der Waals surface area contributed by atoms with Crippen molar-refractivity contribution >= 4 is 28.9 Å². The van der Waals surface area contributed by atoms with Crippen molar-refractivity contribution in [1.82, 2.24) is 0 Å². The van der Waals surface area contributed by atoms with Gasteiger partial charge in [0, 0.05) is 30.0 Å². The van der Waals surface area contributed by atoms with Gasteiger partial charge in [-0.1, -0.05) is 36.4 Å². The smallest absolute Gasteiger partial charge is 0.251 e. The van der Waals surface area contributed by atoms with Gasteiger partial charge in [-0.2, -0.15) is 0 Å². The molecule has 2 N–H and O–H groups in total. The van der Waals surface area contributed by atoms with Gasteiger partial charge in [-0.3, -0.25) is 9.59 Å². The summed E-state index contributed by atoms with van der Waals surface area (Å²) in [5, 5.41) is 6.11. The Bertz CT molecular complexity index is 1040. The summed E-state index contributed by atoms with van der Waals surface area (Å²) in [6.07, 6.45) is 1.41. The molecule has 5 nitrogen and oxygen atoms in total. The fraction of sp³-hybridized carbons (Fsp3) is 0.167. The highest BCUT2D eigenvalue weighted by molar-refractivity contribution is 5.98. The van der Waals surface area contributed by atoms with Gasteiger partial charge in [-0.05, 0) is 54.4 Å². The second-order valence-corrected chi connectivity index (χ2v) is 7.18. The summed E-state index contributed by atoms with van der Waals surface area (Å²) in [5.41, 5.74) is 2.85. The Hall–Kier alpha value is -3.67. The summed E-state index contributed by atoms with van der Waals surface area (Å²) in [6.45, 7) is 0.704. The first-order valence-electron chi connectivity index (χ1n) is 9.88. The molecule has 4 rings (SSSR count). The molecule has 0 saturated carbocycles. The molecule has 0 bridgehead atoms. The average Bonchev–Trinajstić information content (AvgIpc) is 3.20. The molecule has 1 saturated heterocycles. The number of hydrogen-bond acceptors (Lipinski definition) is 3. The number of rotatable bonds is 6. The van der Waals surface area contributed by atoms with Crippen LogP contribution in [-0.4, -0.2) is 18.4 Å². The molecule has 0 spiro atoms. The number of amides is 2. The number of hydrogen-bond donors (Lipinski definition) is 2. The van der Waals surface area contributed by atoms with Crippen molar-refractivity contribution in [3.8, 4) is 0 Å². The van der Waals surface area contributed by atoms with E-state index in [4.69, 9.17) is 0 Å². The maximum Gasteiger partial charge on any atom is 0.251 e. The van der Waals surface area contributed by atoms with Gasteiger partial charge in [0.15, 0.2) is 0 Å². The van der Waals surface area contributed by atoms with Crippen LogP contribution in [-0.2, 0) is 9.59 Å². The molecule has 0 aromatic heterocycles. The number of nitrogens with one attached hydrogen (secondary N) is 2. The van der Waals surface area contributed by atoms with Gasteiger partial charge in [0.1, 0.15) is 11.9 Å². The summed E-state index contributed by atoms with van der Waals surface area (Å²) in [7, 11) is 0. The predicted molar refractivity (Wildman–Crippen MR) is 116 cm³/mol. The average molecular weight is 403 g/mol. The number of nitrogens with zero attached hydrogens (tertiary/aromatic N) is 1. The van der Waals surface area contributed by atoms with E-state index in [0.717, 1.165) is 23.4 Å². The lowest BCUT2D eigenvalue weighted by atomic mass is 10.1. The van der Waals surface area contributed by atoms with Gasteiger partial charge in [0.25, 0.3) is 5.91 Å². The number of benzene rings is 3. The van der Waals surface area contributed by atoms with Crippen LogP contribution < -0.4 is 15.5 Å². The normalized spacial score (nSPS) is 14.4. The SMILES string of the molecule is O=C(Nc1ccc(F)cc1)C(Nc1cccc(N2CCCC2=O)c1)c1ccccc1. The largest absolute Gasteiger partial charge is 0.370 e. The van der Waals surface area contributed by atoms with E-state index in [1.54, 1.807) is 4.90 Å². The molecular weight excluding hydrogens is 381 g/mol. The monoisotopic (exact) mass is 403 g/mol. The van der Waals surface area contributed by atoms with E-state index < -0.39 is 6.04 Å².